The Morgan fingerprint density at radius 1 is 0.947 bits per heavy atom. The van der Waals surface area contributed by atoms with Crippen LogP contribution >= 0.6 is 0 Å². The van der Waals surface area contributed by atoms with Gasteiger partial charge in [-0.3, -0.25) is 10.2 Å². The maximum absolute atomic E-state index is 12.6. The van der Waals surface area contributed by atoms with Gasteiger partial charge in [0.05, 0.1) is 0 Å². The van der Waals surface area contributed by atoms with Crippen molar-refractivity contribution < 1.29 is 31.1 Å². The first-order chi connectivity index (χ1) is 8.50. The summed E-state index contributed by atoms with van der Waals surface area (Å²) in [7, 11) is 0. The highest BCUT2D eigenvalue weighted by molar-refractivity contribution is 5.83. The lowest BCUT2D eigenvalue weighted by Crippen LogP contribution is -2.61. The van der Waals surface area contributed by atoms with Gasteiger partial charge in [-0.05, 0) is 19.8 Å². The van der Waals surface area contributed by atoms with E-state index in [1.807, 2.05) is 0 Å². The third-order valence-electron chi connectivity index (χ3n) is 3.20. The number of amides is 1. The molecule has 0 atom stereocenters. The second kappa shape index (κ2) is 5.18. The van der Waals surface area contributed by atoms with E-state index in [4.69, 9.17) is 0 Å². The molecule has 1 aliphatic rings. The van der Waals surface area contributed by atoms with Gasteiger partial charge in [-0.25, -0.2) is 5.01 Å². The van der Waals surface area contributed by atoms with Gasteiger partial charge in [-0.2, -0.15) is 26.3 Å². The molecule has 3 nitrogen and oxygen atoms in total. The molecule has 112 valence electrons. The molecule has 1 N–H and O–H groups in total. The van der Waals surface area contributed by atoms with Crippen LogP contribution in [0, 0.1) is 5.41 Å². The van der Waals surface area contributed by atoms with Crippen molar-refractivity contribution >= 4 is 5.91 Å². The van der Waals surface area contributed by atoms with E-state index in [-0.39, 0.29) is 20.0 Å². The number of alkyl halides is 6. The van der Waals surface area contributed by atoms with Crippen LogP contribution < -0.4 is 5.43 Å². The zero-order valence-corrected chi connectivity index (χ0v) is 10.2. The number of halogens is 6. The van der Waals surface area contributed by atoms with Crippen molar-refractivity contribution in [1.29, 1.82) is 0 Å². The summed E-state index contributed by atoms with van der Waals surface area (Å²) in [5.74, 6) is -2.09. The quantitative estimate of drug-likeness (QED) is 0.794. The minimum Gasteiger partial charge on any atom is -0.288 e. The number of carbonyl (C=O) groups excluding carboxylic acids is 1. The third kappa shape index (κ3) is 3.13. The Kier molecular flexibility index (Phi) is 4.38. The van der Waals surface area contributed by atoms with Crippen LogP contribution in [0.15, 0.2) is 0 Å². The molecule has 1 aliphatic heterocycles. The lowest BCUT2D eigenvalue weighted by atomic mass is 9.88. The van der Waals surface area contributed by atoms with Gasteiger partial charge in [-0.15, -0.1) is 0 Å². The molecule has 19 heavy (non-hydrogen) atoms. The van der Waals surface area contributed by atoms with E-state index in [0.717, 1.165) is 11.4 Å². The molecule has 0 saturated carbocycles. The molecule has 1 amide bonds. The maximum atomic E-state index is 12.6. The van der Waals surface area contributed by atoms with Gasteiger partial charge in [0.15, 0.2) is 0 Å². The van der Waals surface area contributed by atoms with Gasteiger partial charge >= 0.3 is 12.4 Å². The van der Waals surface area contributed by atoms with Crippen LogP contribution in [0.4, 0.5) is 26.3 Å². The molecule has 0 aliphatic carbocycles. The molecule has 0 bridgehead atoms. The normalized spacial score (nSPS) is 19.3. The summed E-state index contributed by atoms with van der Waals surface area (Å²) in [4.78, 5) is 11.4. The van der Waals surface area contributed by atoms with Crippen molar-refractivity contribution in [2.75, 3.05) is 13.1 Å². The largest absolute Gasteiger partial charge is 0.411 e. The minimum absolute atomic E-state index is 0.147. The Morgan fingerprint density at radius 2 is 1.37 bits per heavy atom. The van der Waals surface area contributed by atoms with Crippen LogP contribution in [0.2, 0.25) is 0 Å². The molecule has 1 fully saturated rings. The fourth-order valence-corrected chi connectivity index (χ4v) is 1.68. The van der Waals surface area contributed by atoms with Crippen LogP contribution in [0.1, 0.15) is 26.2 Å². The summed E-state index contributed by atoms with van der Waals surface area (Å²) in [5, 5.41) is 1.10. The van der Waals surface area contributed by atoms with Gasteiger partial charge in [0, 0.05) is 13.1 Å². The van der Waals surface area contributed by atoms with E-state index in [0.29, 0.717) is 12.8 Å². The Morgan fingerprint density at radius 3 is 1.74 bits per heavy atom. The van der Waals surface area contributed by atoms with Crippen molar-refractivity contribution in [3.05, 3.63) is 0 Å². The predicted molar refractivity (Wildman–Crippen MR) is 53.8 cm³/mol. The number of hydrogen-bond donors (Lipinski definition) is 1. The molecule has 1 heterocycles. The van der Waals surface area contributed by atoms with Gasteiger partial charge in [0.25, 0.3) is 5.91 Å². The minimum atomic E-state index is -5.70. The summed E-state index contributed by atoms with van der Waals surface area (Å²) in [6.45, 7) is 0.349. The zero-order valence-electron chi connectivity index (χ0n) is 10.2. The molecular weight excluding hydrogens is 278 g/mol. The number of hydrazine groups is 1. The third-order valence-corrected chi connectivity index (χ3v) is 3.20. The smallest absolute Gasteiger partial charge is 0.288 e. The molecule has 0 aromatic carbocycles. The summed E-state index contributed by atoms with van der Waals surface area (Å²) < 4.78 is 75.6. The first-order valence-corrected chi connectivity index (χ1v) is 5.69. The summed E-state index contributed by atoms with van der Waals surface area (Å²) >= 11 is 0. The van der Waals surface area contributed by atoms with Crippen molar-refractivity contribution in [3.63, 3.8) is 0 Å². The fraction of sp³-hybridized carbons (Fsp3) is 0.900. The maximum Gasteiger partial charge on any atom is 0.411 e. The SMILES string of the molecule is CC(C(=O)NN1CCCCC1)(C(F)(F)F)C(F)(F)F. The second-order valence-electron chi connectivity index (χ2n) is 4.61. The summed E-state index contributed by atoms with van der Waals surface area (Å²) in [6.07, 6.45) is -9.33. The number of rotatable bonds is 2. The van der Waals surface area contributed by atoms with E-state index in [9.17, 15) is 31.1 Å². The molecule has 0 unspecified atom stereocenters. The van der Waals surface area contributed by atoms with E-state index in [2.05, 4.69) is 0 Å². The topological polar surface area (TPSA) is 32.3 Å². The van der Waals surface area contributed by atoms with E-state index in [1.54, 1.807) is 5.43 Å². The van der Waals surface area contributed by atoms with E-state index < -0.39 is 23.7 Å². The van der Waals surface area contributed by atoms with Crippen molar-refractivity contribution in [2.45, 2.75) is 38.5 Å². The molecule has 0 spiro atoms. The molecule has 0 aromatic rings. The monoisotopic (exact) mass is 292 g/mol. The van der Waals surface area contributed by atoms with Gasteiger partial charge in [-0.1, -0.05) is 6.42 Å². The molecule has 0 aromatic heterocycles. The van der Waals surface area contributed by atoms with Gasteiger partial charge in [0.1, 0.15) is 0 Å². The van der Waals surface area contributed by atoms with Gasteiger partial charge in [0.2, 0.25) is 5.41 Å². The summed E-state index contributed by atoms with van der Waals surface area (Å²) in [5.41, 5.74) is -2.68. The second-order valence-corrected chi connectivity index (χ2v) is 4.61. The average Bonchev–Trinajstić information content (AvgIpc) is 2.26. The van der Waals surface area contributed by atoms with E-state index in [1.165, 1.54) is 0 Å². The predicted octanol–water partition coefficient (Wildman–Crippen LogP) is 2.63. The Balaban J connectivity index is 2.90. The van der Waals surface area contributed by atoms with E-state index >= 15 is 0 Å². The highest BCUT2D eigenvalue weighted by Gasteiger charge is 2.72. The van der Waals surface area contributed by atoms with Crippen molar-refractivity contribution in [1.82, 2.24) is 10.4 Å². The fourth-order valence-electron chi connectivity index (χ4n) is 1.68. The Hall–Kier alpha value is -0.990. The van der Waals surface area contributed by atoms with Crippen molar-refractivity contribution in [2.24, 2.45) is 5.41 Å². The first-order valence-electron chi connectivity index (χ1n) is 5.69. The number of carbonyl (C=O) groups is 1. The highest BCUT2D eigenvalue weighted by atomic mass is 19.4. The lowest BCUT2D eigenvalue weighted by Gasteiger charge is -2.35. The summed E-state index contributed by atoms with van der Waals surface area (Å²) in [6, 6.07) is 0. The molecular formula is C10H14F6N2O. The standard InChI is InChI=1S/C10H14F6N2O/c1-8(9(11,12)13,10(14,15)16)7(19)17-18-5-3-2-4-6-18/h2-6H2,1H3,(H,17,19). The van der Waals surface area contributed by atoms with Crippen LogP contribution in [-0.2, 0) is 4.79 Å². The molecule has 1 saturated heterocycles. The Bertz CT molecular complexity index is 318. The lowest BCUT2D eigenvalue weighted by molar-refractivity contribution is -0.320. The average molecular weight is 292 g/mol. The van der Waals surface area contributed by atoms with Crippen LogP contribution in [0.3, 0.4) is 0 Å². The number of nitrogens with one attached hydrogen (secondary N) is 1. The molecule has 0 radical (unpaired) electrons. The van der Waals surface area contributed by atoms with Crippen LogP contribution in [0.5, 0.6) is 0 Å². The number of hydrogen-bond acceptors (Lipinski definition) is 2. The zero-order chi connectivity index (χ0) is 14.9. The Labute approximate surface area is 105 Å². The molecule has 9 heteroatoms. The first kappa shape index (κ1) is 16.1. The highest BCUT2D eigenvalue weighted by Crippen LogP contribution is 2.50. The van der Waals surface area contributed by atoms with Crippen LogP contribution in [0.25, 0.3) is 0 Å². The van der Waals surface area contributed by atoms with Crippen molar-refractivity contribution in [3.8, 4) is 0 Å². The van der Waals surface area contributed by atoms with Crippen LogP contribution in [-0.4, -0.2) is 36.4 Å². The number of nitrogens with zero attached hydrogens (tertiary/aromatic N) is 1. The number of piperidine rings is 1. The molecule has 1 rings (SSSR count). The van der Waals surface area contributed by atoms with Gasteiger partial charge < -0.3 is 0 Å².